The number of aryl methyl sites for hydroxylation is 1. The zero-order chi connectivity index (χ0) is 13.5. The molecule has 1 atom stereocenters. The van der Waals surface area contributed by atoms with Crippen LogP contribution in [-0.4, -0.2) is 25.0 Å². The van der Waals surface area contributed by atoms with E-state index < -0.39 is 0 Å². The summed E-state index contributed by atoms with van der Waals surface area (Å²) < 4.78 is 0. The molecule has 4 nitrogen and oxygen atoms in total. The third-order valence-corrected chi connectivity index (χ3v) is 3.12. The number of amides is 1. The highest BCUT2D eigenvalue weighted by Gasteiger charge is 2.22. The third-order valence-electron chi connectivity index (χ3n) is 3.12. The first-order chi connectivity index (χ1) is 8.61. The van der Waals surface area contributed by atoms with Crippen LogP contribution < -0.4 is 16.4 Å². The molecule has 0 fully saturated rings. The number of para-hydroxylation sites is 1. The van der Waals surface area contributed by atoms with E-state index >= 15 is 0 Å². The number of hydrogen-bond donors (Lipinski definition) is 2. The minimum atomic E-state index is -0.280. The fourth-order valence-corrected chi connectivity index (χ4v) is 2.17. The summed E-state index contributed by atoms with van der Waals surface area (Å²) in [6, 6.07) is 7.77. The first-order valence-electron chi connectivity index (χ1n) is 6.43. The van der Waals surface area contributed by atoms with Crippen molar-refractivity contribution in [2.24, 2.45) is 11.5 Å². The van der Waals surface area contributed by atoms with E-state index in [0.29, 0.717) is 13.0 Å². The molecule has 4 N–H and O–H groups in total. The molecule has 1 aromatic carbocycles. The first kappa shape index (κ1) is 14.5. The van der Waals surface area contributed by atoms with Gasteiger partial charge in [-0.3, -0.25) is 4.79 Å². The van der Waals surface area contributed by atoms with Crippen LogP contribution >= 0.6 is 0 Å². The Balaban J connectivity index is 3.04. The molecule has 1 amide bonds. The second-order valence-corrected chi connectivity index (χ2v) is 4.45. The van der Waals surface area contributed by atoms with Crippen LogP contribution in [0.1, 0.15) is 25.3 Å². The largest absolute Gasteiger partial charge is 0.368 e. The highest BCUT2D eigenvalue weighted by atomic mass is 16.1. The summed E-state index contributed by atoms with van der Waals surface area (Å²) in [5.74, 6) is -0.280. The predicted molar refractivity (Wildman–Crippen MR) is 75.5 cm³/mol. The summed E-state index contributed by atoms with van der Waals surface area (Å²) in [7, 11) is 0. The highest BCUT2D eigenvalue weighted by Crippen LogP contribution is 2.23. The fourth-order valence-electron chi connectivity index (χ4n) is 2.17. The van der Waals surface area contributed by atoms with Crippen molar-refractivity contribution in [2.45, 2.75) is 32.7 Å². The van der Waals surface area contributed by atoms with Crippen LogP contribution in [-0.2, 0) is 4.79 Å². The Labute approximate surface area is 109 Å². The van der Waals surface area contributed by atoms with Crippen LogP contribution in [0.25, 0.3) is 0 Å². The SMILES string of the molecule is CCC(C(N)=O)N(CCCN)c1ccccc1C. The van der Waals surface area contributed by atoms with Crippen molar-refractivity contribution >= 4 is 11.6 Å². The van der Waals surface area contributed by atoms with Gasteiger partial charge in [0.25, 0.3) is 0 Å². The van der Waals surface area contributed by atoms with Crippen molar-refractivity contribution in [1.82, 2.24) is 0 Å². The Bertz CT molecular complexity index is 392. The van der Waals surface area contributed by atoms with Gasteiger partial charge in [0.1, 0.15) is 6.04 Å². The lowest BCUT2D eigenvalue weighted by Gasteiger charge is -2.32. The lowest BCUT2D eigenvalue weighted by Crippen LogP contribution is -2.45. The summed E-state index contributed by atoms with van der Waals surface area (Å²) in [6.45, 7) is 5.38. The van der Waals surface area contributed by atoms with E-state index in [1.807, 2.05) is 38.1 Å². The van der Waals surface area contributed by atoms with Crippen LogP contribution in [0.3, 0.4) is 0 Å². The van der Waals surface area contributed by atoms with Crippen molar-refractivity contribution in [3.63, 3.8) is 0 Å². The second-order valence-electron chi connectivity index (χ2n) is 4.45. The van der Waals surface area contributed by atoms with Gasteiger partial charge in [0.2, 0.25) is 5.91 Å². The second kappa shape index (κ2) is 7.01. The van der Waals surface area contributed by atoms with Gasteiger partial charge >= 0.3 is 0 Å². The number of primary amides is 1. The number of carbonyl (C=O) groups excluding carboxylic acids is 1. The maximum Gasteiger partial charge on any atom is 0.240 e. The molecule has 0 saturated carbocycles. The Morgan fingerprint density at radius 2 is 2.06 bits per heavy atom. The molecule has 0 aliphatic heterocycles. The molecule has 4 heteroatoms. The molecule has 0 bridgehead atoms. The number of hydrogen-bond acceptors (Lipinski definition) is 3. The van der Waals surface area contributed by atoms with Crippen LogP contribution in [0.2, 0.25) is 0 Å². The quantitative estimate of drug-likeness (QED) is 0.767. The van der Waals surface area contributed by atoms with Gasteiger partial charge in [0.05, 0.1) is 0 Å². The molecule has 0 saturated heterocycles. The van der Waals surface area contributed by atoms with Gasteiger partial charge in [-0.05, 0) is 37.9 Å². The molecule has 0 heterocycles. The van der Waals surface area contributed by atoms with E-state index in [1.54, 1.807) is 0 Å². The molecular weight excluding hydrogens is 226 g/mol. The Kier molecular flexibility index (Phi) is 5.65. The predicted octanol–water partition coefficient (Wildman–Crippen LogP) is 1.41. The van der Waals surface area contributed by atoms with E-state index in [9.17, 15) is 4.79 Å². The smallest absolute Gasteiger partial charge is 0.240 e. The number of benzene rings is 1. The van der Waals surface area contributed by atoms with E-state index in [4.69, 9.17) is 11.5 Å². The van der Waals surface area contributed by atoms with Gasteiger partial charge in [-0.2, -0.15) is 0 Å². The van der Waals surface area contributed by atoms with Crippen LogP contribution in [0.5, 0.6) is 0 Å². The lowest BCUT2D eigenvalue weighted by molar-refractivity contribution is -0.119. The summed E-state index contributed by atoms with van der Waals surface area (Å²) in [4.78, 5) is 13.6. The van der Waals surface area contributed by atoms with Crippen LogP contribution in [0, 0.1) is 6.92 Å². The van der Waals surface area contributed by atoms with Gasteiger partial charge in [-0.25, -0.2) is 0 Å². The minimum absolute atomic E-state index is 0.266. The Morgan fingerprint density at radius 1 is 1.39 bits per heavy atom. The molecule has 1 unspecified atom stereocenters. The third kappa shape index (κ3) is 3.47. The van der Waals surface area contributed by atoms with Gasteiger partial charge in [-0.1, -0.05) is 25.1 Å². The number of carbonyl (C=O) groups is 1. The lowest BCUT2D eigenvalue weighted by atomic mass is 10.1. The molecule has 100 valence electrons. The average molecular weight is 249 g/mol. The molecule has 0 spiro atoms. The Morgan fingerprint density at radius 3 is 2.56 bits per heavy atom. The Hall–Kier alpha value is -1.55. The van der Waals surface area contributed by atoms with Crippen molar-refractivity contribution < 1.29 is 4.79 Å². The summed E-state index contributed by atoms with van der Waals surface area (Å²) >= 11 is 0. The summed E-state index contributed by atoms with van der Waals surface area (Å²) in [6.07, 6.45) is 1.55. The normalized spacial score (nSPS) is 12.2. The average Bonchev–Trinajstić information content (AvgIpc) is 2.35. The van der Waals surface area contributed by atoms with Crippen molar-refractivity contribution in [3.05, 3.63) is 29.8 Å². The monoisotopic (exact) mass is 249 g/mol. The number of nitrogens with two attached hydrogens (primary N) is 2. The minimum Gasteiger partial charge on any atom is -0.368 e. The zero-order valence-electron chi connectivity index (χ0n) is 11.2. The molecule has 18 heavy (non-hydrogen) atoms. The van der Waals surface area contributed by atoms with E-state index in [0.717, 1.165) is 24.2 Å². The topological polar surface area (TPSA) is 72.4 Å². The molecule has 0 radical (unpaired) electrons. The molecule has 0 aliphatic rings. The van der Waals surface area contributed by atoms with Crippen molar-refractivity contribution in [3.8, 4) is 0 Å². The molecule has 1 aromatic rings. The fraction of sp³-hybridized carbons (Fsp3) is 0.500. The maximum atomic E-state index is 11.6. The number of anilines is 1. The summed E-state index contributed by atoms with van der Waals surface area (Å²) in [5.41, 5.74) is 13.3. The number of rotatable bonds is 7. The van der Waals surface area contributed by atoms with Gasteiger partial charge in [-0.15, -0.1) is 0 Å². The zero-order valence-corrected chi connectivity index (χ0v) is 11.2. The first-order valence-corrected chi connectivity index (χ1v) is 6.43. The molecule has 0 aromatic heterocycles. The van der Waals surface area contributed by atoms with E-state index in [-0.39, 0.29) is 11.9 Å². The van der Waals surface area contributed by atoms with Crippen LogP contribution in [0.4, 0.5) is 5.69 Å². The summed E-state index contributed by atoms with van der Waals surface area (Å²) in [5, 5.41) is 0. The standard InChI is InChI=1S/C14H23N3O/c1-3-12(14(16)18)17(10-6-9-15)13-8-5-4-7-11(13)2/h4-5,7-8,12H,3,6,9-10,15H2,1-2H3,(H2,16,18). The van der Waals surface area contributed by atoms with Crippen LogP contribution in [0.15, 0.2) is 24.3 Å². The maximum absolute atomic E-state index is 11.6. The highest BCUT2D eigenvalue weighted by molar-refractivity contribution is 5.84. The molecular formula is C14H23N3O. The molecule has 0 aliphatic carbocycles. The van der Waals surface area contributed by atoms with E-state index in [1.165, 1.54) is 0 Å². The van der Waals surface area contributed by atoms with Crippen molar-refractivity contribution in [2.75, 3.05) is 18.0 Å². The van der Waals surface area contributed by atoms with E-state index in [2.05, 4.69) is 4.90 Å². The van der Waals surface area contributed by atoms with Gasteiger partial charge in [0.15, 0.2) is 0 Å². The van der Waals surface area contributed by atoms with Gasteiger partial charge < -0.3 is 16.4 Å². The number of nitrogens with zero attached hydrogens (tertiary/aromatic N) is 1. The van der Waals surface area contributed by atoms with Gasteiger partial charge in [0, 0.05) is 12.2 Å². The molecule has 1 rings (SSSR count). The van der Waals surface area contributed by atoms with Crippen molar-refractivity contribution in [1.29, 1.82) is 0 Å².